The second-order valence-corrected chi connectivity index (χ2v) is 13.6. The van der Waals surface area contributed by atoms with E-state index in [1.54, 1.807) is 24.7 Å². The van der Waals surface area contributed by atoms with Gasteiger partial charge in [-0.25, -0.2) is 0 Å². The number of amides is 1. The molecule has 1 saturated heterocycles. The highest BCUT2D eigenvalue weighted by molar-refractivity contribution is 5.92. The van der Waals surface area contributed by atoms with Crippen LogP contribution in [0.15, 0.2) is 71.6 Å². The zero-order chi connectivity index (χ0) is 31.3. The SMILES string of the molecule is CC(=O)Oc1ccc2c3c1O[C@H]1[C@@H](N(CC(C)C)C(=O)C=Cc4ccoc4)CC[C@H]4[C@@H](C2)N(CC(O)c2ccccc2)CC[C@@]341. The molecular formula is C37H42N2O6. The van der Waals surface area contributed by atoms with Crippen LogP contribution in [0.5, 0.6) is 11.5 Å². The number of β-amino-alcohol motifs (C(OH)–C–C–N with tert-alkyl or cyclic N) is 1. The highest BCUT2D eigenvalue weighted by atomic mass is 16.6. The molecule has 8 nitrogen and oxygen atoms in total. The van der Waals surface area contributed by atoms with E-state index in [9.17, 15) is 14.7 Å². The lowest BCUT2D eigenvalue weighted by Crippen LogP contribution is -2.69. The molecule has 4 aliphatic rings. The van der Waals surface area contributed by atoms with Crippen molar-refractivity contribution in [2.24, 2.45) is 11.8 Å². The lowest BCUT2D eigenvalue weighted by atomic mass is 9.51. The molecule has 2 fully saturated rings. The standard InChI is InChI=1S/C37H42N2O6/c1-23(2)20-39(33(42)14-9-25-15-18-43-22-25)29-12-11-28-30-19-27-10-13-32(44-24(3)40)35-34(27)37(28,36(29)45-35)16-17-38(30)21-31(41)26-7-5-4-6-8-26/h4-10,13-15,18,22-23,28-31,36,41H,11-12,16-17,19-21H2,1-3H3/t28-,29-,30+,31?,36-,37-/m0/s1. The molecule has 2 aliphatic carbocycles. The van der Waals surface area contributed by atoms with Crippen LogP contribution in [0.2, 0.25) is 0 Å². The van der Waals surface area contributed by atoms with Crippen molar-refractivity contribution in [1.29, 1.82) is 0 Å². The Hall–Kier alpha value is -3.88. The number of rotatable bonds is 9. The highest BCUT2D eigenvalue weighted by Gasteiger charge is 2.66. The highest BCUT2D eigenvalue weighted by Crippen LogP contribution is 2.64. The van der Waals surface area contributed by atoms with E-state index in [0.717, 1.165) is 43.4 Å². The van der Waals surface area contributed by atoms with Gasteiger partial charge in [0.1, 0.15) is 6.10 Å². The molecule has 1 unspecified atom stereocenters. The first-order valence-electron chi connectivity index (χ1n) is 16.3. The summed E-state index contributed by atoms with van der Waals surface area (Å²) in [5.41, 5.74) is 3.84. The van der Waals surface area contributed by atoms with Gasteiger partial charge in [-0.2, -0.15) is 0 Å². The molecule has 0 radical (unpaired) electrons. The van der Waals surface area contributed by atoms with Crippen molar-refractivity contribution in [3.63, 3.8) is 0 Å². The van der Waals surface area contributed by atoms with Gasteiger partial charge in [-0.1, -0.05) is 50.2 Å². The number of hydrogen-bond acceptors (Lipinski definition) is 7. The predicted molar refractivity (Wildman–Crippen MR) is 170 cm³/mol. The van der Waals surface area contributed by atoms with E-state index in [4.69, 9.17) is 13.9 Å². The molecule has 7 rings (SSSR count). The lowest BCUT2D eigenvalue weighted by Gasteiger charge is -2.60. The smallest absolute Gasteiger partial charge is 0.308 e. The van der Waals surface area contributed by atoms with Crippen LogP contribution < -0.4 is 9.47 Å². The van der Waals surface area contributed by atoms with Crippen LogP contribution >= 0.6 is 0 Å². The van der Waals surface area contributed by atoms with Gasteiger partial charge in [0, 0.05) is 48.7 Å². The maximum Gasteiger partial charge on any atom is 0.308 e. The number of likely N-dealkylation sites (tertiary alicyclic amines) is 1. The van der Waals surface area contributed by atoms with Crippen molar-refractivity contribution in [2.75, 3.05) is 19.6 Å². The molecule has 2 bridgehead atoms. The molecule has 1 aromatic heterocycles. The molecule has 2 aliphatic heterocycles. The van der Waals surface area contributed by atoms with Crippen molar-refractivity contribution < 1.29 is 28.6 Å². The van der Waals surface area contributed by atoms with Gasteiger partial charge in [-0.05, 0) is 73.4 Å². The lowest BCUT2D eigenvalue weighted by molar-refractivity contribution is -0.139. The summed E-state index contributed by atoms with van der Waals surface area (Å²) in [4.78, 5) is 30.6. The molecule has 3 heterocycles. The first-order valence-corrected chi connectivity index (χ1v) is 16.3. The van der Waals surface area contributed by atoms with E-state index >= 15 is 0 Å². The third-order valence-corrected chi connectivity index (χ3v) is 10.4. The summed E-state index contributed by atoms with van der Waals surface area (Å²) in [7, 11) is 0. The molecule has 6 atom stereocenters. The van der Waals surface area contributed by atoms with E-state index in [0.29, 0.717) is 24.6 Å². The van der Waals surface area contributed by atoms with Gasteiger partial charge in [0.2, 0.25) is 5.91 Å². The summed E-state index contributed by atoms with van der Waals surface area (Å²) in [5.74, 6) is 1.27. The topological polar surface area (TPSA) is 92.5 Å². The predicted octanol–water partition coefficient (Wildman–Crippen LogP) is 5.54. The van der Waals surface area contributed by atoms with Gasteiger partial charge in [0.15, 0.2) is 11.5 Å². The zero-order valence-corrected chi connectivity index (χ0v) is 26.2. The van der Waals surface area contributed by atoms with E-state index in [-0.39, 0.29) is 47.3 Å². The Labute approximate surface area is 264 Å². The fourth-order valence-electron chi connectivity index (χ4n) is 8.79. The van der Waals surface area contributed by atoms with Crippen LogP contribution in [-0.4, -0.2) is 64.6 Å². The average Bonchev–Trinajstić information content (AvgIpc) is 3.67. The minimum absolute atomic E-state index is 0.0412. The number of benzene rings is 2. The largest absolute Gasteiger partial charge is 0.483 e. The molecule has 2 aromatic carbocycles. The van der Waals surface area contributed by atoms with Crippen molar-refractivity contribution in [1.82, 2.24) is 9.80 Å². The van der Waals surface area contributed by atoms with Crippen LogP contribution in [0.1, 0.15) is 68.4 Å². The van der Waals surface area contributed by atoms with Gasteiger partial charge in [0.05, 0.1) is 24.7 Å². The Kier molecular flexibility index (Phi) is 7.82. The molecule has 1 saturated carbocycles. The first kappa shape index (κ1) is 29.8. The zero-order valence-electron chi connectivity index (χ0n) is 26.2. The third kappa shape index (κ3) is 5.18. The maximum absolute atomic E-state index is 13.9. The number of hydrogen-bond donors (Lipinski definition) is 1. The van der Waals surface area contributed by atoms with Crippen LogP contribution in [0, 0.1) is 11.8 Å². The van der Waals surface area contributed by atoms with Crippen molar-refractivity contribution in [2.45, 2.75) is 76.2 Å². The number of piperidine rings is 1. The number of aliphatic hydroxyl groups is 1. The van der Waals surface area contributed by atoms with Crippen LogP contribution in [-0.2, 0) is 21.4 Å². The van der Waals surface area contributed by atoms with Crippen LogP contribution in [0.4, 0.5) is 0 Å². The van der Waals surface area contributed by atoms with Gasteiger partial charge in [0.25, 0.3) is 0 Å². The summed E-state index contributed by atoms with van der Waals surface area (Å²) in [5, 5.41) is 11.2. The fraction of sp³-hybridized carbons (Fsp3) is 0.459. The molecule has 8 heteroatoms. The molecule has 1 N–H and O–H groups in total. The van der Waals surface area contributed by atoms with E-state index in [2.05, 4.69) is 24.8 Å². The quantitative estimate of drug-likeness (QED) is 0.193. The van der Waals surface area contributed by atoms with Crippen LogP contribution in [0.25, 0.3) is 6.08 Å². The Morgan fingerprint density at radius 3 is 2.71 bits per heavy atom. The second kappa shape index (κ2) is 11.8. The number of carbonyl (C=O) groups excluding carboxylic acids is 2. The number of ether oxygens (including phenoxy) is 2. The Morgan fingerprint density at radius 2 is 1.98 bits per heavy atom. The molecular weight excluding hydrogens is 568 g/mol. The number of furan rings is 1. The monoisotopic (exact) mass is 610 g/mol. The van der Waals surface area contributed by atoms with Crippen molar-refractivity contribution in [3.8, 4) is 11.5 Å². The van der Waals surface area contributed by atoms with Crippen molar-refractivity contribution >= 4 is 18.0 Å². The summed E-state index contributed by atoms with van der Waals surface area (Å²) in [6, 6.07) is 15.8. The summed E-state index contributed by atoms with van der Waals surface area (Å²) >= 11 is 0. The third-order valence-electron chi connectivity index (χ3n) is 10.4. The Balaban J connectivity index is 1.27. The van der Waals surface area contributed by atoms with E-state index in [1.807, 2.05) is 47.4 Å². The molecule has 1 spiro atoms. The van der Waals surface area contributed by atoms with Gasteiger partial charge < -0.3 is 23.9 Å². The first-order chi connectivity index (χ1) is 21.8. The van der Waals surface area contributed by atoms with Gasteiger partial charge in [-0.3, -0.25) is 14.5 Å². The summed E-state index contributed by atoms with van der Waals surface area (Å²) < 4.78 is 17.9. The number of carbonyl (C=O) groups is 2. The molecule has 236 valence electrons. The molecule has 3 aromatic rings. The summed E-state index contributed by atoms with van der Waals surface area (Å²) in [6.07, 6.45) is 9.28. The fourth-order valence-corrected chi connectivity index (χ4v) is 8.79. The van der Waals surface area contributed by atoms with Crippen LogP contribution in [0.3, 0.4) is 0 Å². The number of nitrogens with zero attached hydrogens (tertiary/aromatic N) is 2. The van der Waals surface area contributed by atoms with E-state index < -0.39 is 6.10 Å². The normalized spacial score (nSPS) is 27.2. The average molecular weight is 611 g/mol. The minimum Gasteiger partial charge on any atom is -0.483 e. The molecule has 1 amide bonds. The van der Waals surface area contributed by atoms with E-state index in [1.165, 1.54) is 18.1 Å². The Bertz CT molecular complexity index is 1580. The molecule has 45 heavy (non-hydrogen) atoms. The number of aliphatic hydroxyl groups excluding tert-OH is 1. The van der Waals surface area contributed by atoms with Gasteiger partial charge >= 0.3 is 5.97 Å². The van der Waals surface area contributed by atoms with Gasteiger partial charge in [-0.15, -0.1) is 0 Å². The maximum atomic E-state index is 13.9. The van der Waals surface area contributed by atoms with Crippen molar-refractivity contribution in [3.05, 3.63) is 89.4 Å². The Morgan fingerprint density at radius 1 is 1.16 bits per heavy atom. The second-order valence-electron chi connectivity index (χ2n) is 13.6. The minimum atomic E-state index is -0.573. The summed E-state index contributed by atoms with van der Waals surface area (Å²) in [6.45, 7) is 7.68. The number of esters is 1.